The second-order valence-electron chi connectivity index (χ2n) is 5.73. The van der Waals surface area contributed by atoms with E-state index in [0.29, 0.717) is 6.04 Å². The highest BCUT2D eigenvalue weighted by Gasteiger charge is 2.13. The van der Waals surface area contributed by atoms with Gasteiger partial charge in [-0.05, 0) is 13.3 Å². The van der Waals surface area contributed by atoms with Crippen LogP contribution in [0.3, 0.4) is 0 Å². The summed E-state index contributed by atoms with van der Waals surface area (Å²) in [6.45, 7) is 7.03. The van der Waals surface area contributed by atoms with Gasteiger partial charge in [0, 0.05) is 37.3 Å². The minimum absolute atomic E-state index is 0.347. The van der Waals surface area contributed by atoms with Crippen molar-refractivity contribution in [3.8, 4) is 11.3 Å². The van der Waals surface area contributed by atoms with Gasteiger partial charge in [-0.3, -0.25) is 4.90 Å². The summed E-state index contributed by atoms with van der Waals surface area (Å²) >= 11 is 0. The molecule has 0 saturated carbocycles. The van der Waals surface area contributed by atoms with Gasteiger partial charge in [0.2, 0.25) is 5.88 Å². The molecule has 118 valence electrons. The van der Waals surface area contributed by atoms with Crippen molar-refractivity contribution in [2.75, 3.05) is 38.2 Å². The van der Waals surface area contributed by atoms with Crippen LogP contribution in [-0.2, 0) is 4.74 Å². The third kappa shape index (κ3) is 4.08. The highest BCUT2D eigenvalue weighted by Crippen LogP contribution is 2.21. The number of aromatic nitrogens is 1. The summed E-state index contributed by atoms with van der Waals surface area (Å²) in [6.07, 6.45) is 1.07. The van der Waals surface area contributed by atoms with Crippen molar-refractivity contribution in [2.45, 2.75) is 19.4 Å². The lowest BCUT2D eigenvalue weighted by Gasteiger charge is -2.27. The lowest BCUT2D eigenvalue weighted by Crippen LogP contribution is -2.38. The second kappa shape index (κ2) is 7.42. The summed E-state index contributed by atoms with van der Waals surface area (Å²) in [5, 5.41) is 7.51. The van der Waals surface area contributed by atoms with Crippen molar-refractivity contribution in [1.29, 1.82) is 0 Å². The first-order valence-corrected chi connectivity index (χ1v) is 7.90. The van der Waals surface area contributed by atoms with E-state index in [0.717, 1.165) is 56.4 Å². The maximum atomic E-state index is 5.39. The van der Waals surface area contributed by atoms with Crippen LogP contribution in [0, 0.1) is 0 Å². The van der Waals surface area contributed by atoms with Crippen LogP contribution in [0.4, 0.5) is 5.88 Å². The topological polar surface area (TPSA) is 50.5 Å². The van der Waals surface area contributed by atoms with Gasteiger partial charge in [0.1, 0.15) is 5.69 Å². The molecule has 1 aliphatic heterocycles. The number of ether oxygens (including phenoxy) is 1. The van der Waals surface area contributed by atoms with E-state index >= 15 is 0 Å². The normalized spacial score (nSPS) is 17.3. The zero-order valence-electron chi connectivity index (χ0n) is 13.0. The molecule has 3 rings (SSSR count). The van der Waals surface area contributed by atoms with E-state index in [1.807, 2.05) is 36.4 Å². The van der Waals surface area contributed by atoms with Crippen LogP contribution in [0.15, 0.2) is 40.9 Å². The molecular weight excluding hydrogens is 278 g/mol. The molecule has 1 saturated heterocycles. The monoisotopic (exact) mass is 301 g/mol. The molecule has 1 fully saturated rings. The van der Waals surface area contributed by atoms with Crippen molar-refractivity contribution in [3.63, 3.8) is 0 Å². The van der Waals surface area contributed by atoms with Crippen LogP contribution in [0.5, 0.6) is 0 Å². The quantitative estimate of drug-likeness (QED) is 0.889. The van der Waals surface area contributed by atoms with Gasteiger partial charge in [0.05, 0.1) is 13.2 Å². The highest BCUT2D eigenvalue weighted by molar-refractivity contribution is 5.61. The molecule has 5 heteroatoms. The minimum atomic E-state index is 0.347. The Morgan fingerprint density at radius 3 is 2.77 bits per heavy atom. The Balaban J connectivity index is 1.49. The zero-order valence-corrected chi connectivity index (χ0v) is 13.0. The standard InChI is InChI=1S/C17H23N3O2/c1-14(7-8-20-9-11-21-12-10-20)18-17-13-16(19-22-17)15-5-3-2-4-6-15/h2-6,13-14,18H,7-12H2,1H3. The third-order valence-electron chi connectivity index (χ3n) is 3.95. The first-order valence-electron chi connectivity index (χ1n) is 7.90. The van der Waals surface area contributed by atoms with E-state index in [-0.39, 0.29) is 0 Å². The van der Waals surface area contributed by atoms with Crippen molar-refractivity contribution in [3.05, 3.63) is 36.4 Å². The average molecular weight is 301 g/mol. The van der Waals surface area contributed by atoms with Crippen LogP contribution >= 0.6 is 0 Å². The molecule has 0 amide bonds. The molecule has 1 N–H and O–H groups in total. The Hall–Kier alpha value is -1.85. The molecule has 1 aromatic heterocycles. The summed E-state index contributed by atoms with van der Waals surface area (Å²) in [6, 6.07) is 12.4. The Kier molecular flexibility index (Phi) is 5.08. The van der Waals surface area contributed by atoms with Gasteiger partial charge in [-0.25, -0.2) is 0 Å². The predicted molar refractivity (Wildman–Crippen MR) is 86.9 cm³/mol. The molecule has 2 heterocycles. The van der Waals surface area contributed by atoms with Crippen LogP contribution in [0.1, 0.15) is 13.3 Å². The second-order valence-corrected chi connectivity index (χ2v) is 5.73. The molecule has 0 radical (unpaired) electrons. The lowest BCUT2D eigenvalue weighted by molar-refractivity contribution is 0.0370. The first-order chi connectivity index (χ1) is 10.8. The molecular formula is C17H23N3O2. The Labute approximate surface area is 131 Å². The molecule has 0 spiro atoms. The molecule has 0 aliphatic carbocycles. The maximum Gasteiger partial charge on any atom is 0.225 e. The van der Waals surface area contributed by atoms with Gasteiger partial charge in [0.25, 0.3) is 0 Å². The first kappa shape index (κ1) is 15.1. The van der Waals surface area contributed by atoms with Gasteiger partial charge >= 0.3 is 0 Å². The fraction of sp³-hybridized carbons (Fsp3) is 0.471. The average Bonchev–Trinajstić information content (AvgIpc) is 3.03. The number of nitrogens with one attached hydrogen (secondary N) is 1. The molecule has 1 unspecified atom stereocenters. The molecule has 5 nitrogen and oxygen atoms in total. The molecule has 0 bridgehead atoms. The van der Waals surface area contributed by atoms with Crippen molar-refractivity contribution in [1.82, 2.24) is 10.1 Å². The van der Waals surface area contributed by atoms with E-state index in [1.54, 1.807) is 0 Å². The molecule has 1 atom stereocenters. The highest BCUT2D eigenvalue weighted by atomic mass is 16.5. The third-order valence-corrected chi connectivity index (χ3v) is 3.95. The Bertz CT molecular complexity index is 564. The summed E-state index contributed by atoms with van der Waals surface area (Å²) in [5.74, 6) is 0.730. The van der Waals surface area contributed by atoms with Crippen molar-refractivity contribution in [2.24, 2.45) is 0 Å². The Morgan fingerprint density at radius 2 is 2.00 bits per heavy atom. The number of morpholine rings is 1. The van der Waals surface area contributed by atoms with Crippen molar-refractivity contribution >= 4 is 5.88 Å². The fourth-order valence-electron chi connectivity index (χ4n) is 2.60. The van der Waals surface area contributed by atoms with Gasteiger partial charge in [-0.1, -0.05) is 35.5 Å². The van der Waals surface area contributed by atoms with Crippen LogP contribution in [0.2, 0.25) is 0 Å². The summed E-state index contributed by atoms with van der Waals surface area (Å²) < 4.78 is 10.8. The number of hydrogen-bond donors (Lipinski definition) is 1. The molecule has 1 aromatic carbocycles. The van der Waals surface area contributed by atoms with Gasteiger partial charge in [0.15, 0.2) is 0 Å². The predicted octanol–water partition coefficient (Wildman–Crippen LogP) is 2.86. The number of rotatable bonds is 6. The van der Waals surface area contributed by atoms with Crippen LogP contribution in [0.25, 0.3) is 11.3 Å². The van der Waals surface area contributed by atoms with Crippen molar-refractivity contribution < 1.29 is 9.26 Å². The SMILES string of the molecule is CC(CCN1CCOCC1)Nc1cc(-c2ccccc2)no1. The largest absolute Gasteiger partial charge is 0.379 e. The molecule has 2 aromatic rings. The number of anilines is 1. The van der Waals surface area contributed by atoms with E-state index in [2.05, 4.69) is 22.3 Å². The maximum absolute atomic E-state index is 5.39. The summed E-state index contributed by atoms with van der Waals surface area (Å²) in [5.41, 5.74) is 1.93. The summed E-state index contributed by atoms with van der Waals surface area (Å²) in [4.78, 5) is 2.44. The summed E-state index contributed by atoms with van der Waals surface area (Å²) in [7, 11) is 0. The van der Waals surface area contributed by atoms with E-state index in [9.17, 15) is 0 Å². The number of nitrogens with zero attached hydrogens (tertiary/aromatic N) is 2. The minimum Gasteiger partial charge on any atom is -0.379 e. The number of benzene rings is 1. The van der Waals surface area contributed by atoms with E-state index in [1.165, 1.54) is 0 Å². The van der Waals surface area contributed by atoms with Gasteiger partial charge < -0.3 is 14.6 Å². The van der Waals surface area contributed by atoms with E-state index in [4.69, 9.17) is 9.26 Å². The lowest BCUT2D eigenvalue weighted by atomic mass is 10.1. The molecule has 1 aliphatic rings. The van der Waals surface area contributed by atoms with Gasteiger partial charge in [-0.15, -0.1) is 0 Å². The fourth-order valence-corrected chi connectivity index (χ4v) is 2.60. The van der Waals surface area contributed by atoms with Crippen LogP contribution in [-0.4, -0.2) is 48.9 Å². The van der Waals surface area contributed by atoms with Crippen LogP contribution < -0.4 is 5.32 Å². The smallest absolute Gasteiger partial charge is 0.225 e. The van der Waals surface area contributed by atoms with E-state index < -0.39 is 0 Å². The zero-order chi connectivity index (χ0) is 15.2. The number of hydrogen-bond acceptors (Lipinski definition) is 5. The molecule has 22 heavy (non-hydrogen) atoms. The Morgan fingerprint density at radius 1 is 1.23 bits per heavy atom. The van der Waals surface area contributed by atoms with Gasteiger partial charge in [-0.2, -0.15) is 0 Å².